The van der Waals surface area contributed by atoms with Gasteiger partial charge in [-0.15, -0.1) is 17.9 Å². The Balaban J connectivity index is 1.84. The number of likely N-dealkylation sites (N-methyl/N-ethyl adjacent to an activating group) is 1. The largest absolute Gasteiger partial charge is 0.346 e. The lowest BCUT2D eigenvalue weighted by Gasteiger charge is -2.38. The molecule has 2 heterocycles. The number of nitrogens with zero attached hydrogens (tertiary/aromatic N) is 2. The Kier molecular flexibility index (Phi) is 13.9. The van der Waals surface area contributed by atoms with Crippen LogP contribution in [0, 0.1) is 28.1 Å². The smallest absolute Gasteiger partial charge is 0.315 e. The molecule has 6 atom stereocenters. The number of thiophene rings is 1. The van der Waals surface area contributed by atoms with Crippen LogP contribution < -0.4 is 21.3 Å². The molecule has 1 aliphatic carbocycles. The van der Waals surface area contributed by atoms with Gasteiger partial charge < -0.3 is 26.2 Å². The molecular weight excluding hydrogens is 705 g/mol. The predicted octanol–water partition coefficient (Wildman–Crippen LogP) is 3.92. The summed E-state index contributed by atoms with van der Waals surface area (Å²) in [7, 11) is -2.29. The molecular formula is C37H60N6O7S2. The fourth-order valence-electron chi connectivity index (χ4n) is 7.20. The minimum Gasteiger partial charge on any atom is -0.346 e. The summed E-state index contributed by atoms with van der Waals surface area (Å²) in [6, 6.07) is -1.02. The highest BCUT2D eigenvalue weighted by Gasteiger charge is 2.70. The third kappa shape index (κ3) is 10.4. The third-order valence-electron chi connectivity index (χ3n) is 10.1. The van der Waals surface area contributed by atoms with Crippen LogP contribution in [0.1, 0.15) is 88.0 Å². The summed E-state index contributed by atoms with van der Waals surface area (Å²) >= 11 is 1.12. The number of sulfonamides is 1. The Morgan fingerprint density at radius 1 is 1.10 bits per heavy atom. The van der Waals surface area contributed by atoms with E-state index >= 15 is 0 Å². The first-order chi connectivity index (χ1) is 24.0. The van der Waals surface area contributed by atoms with Gasteiger partial charge in [-0.25, -0.2) is 13.2 Å². The highest BCUT2D eigenvalue weighted by molar-refractivity contribution is 7.91. The van der Waals surface area contributed by atoms with Crippen LogP contribution in [0.2, 0.25) is 0 Å². The molecule has 0 aromatic carbocycles. The third-order valence-corrected chi connectivity index (χ3v) is 13.3. The van der Waals surface area contributed by atoms with Crippen LogP contribution in [0.4, 0.5) is 4.79 Å². The maximum absolute atomic E-state index is 14.5. The molecule has 15 heteroatoms. The van der Waals surface area contributed by atoms with Crippen LogP contribution in [-0.2, 0) is 29.2 Å². The van der Waals surface area contributed by atoms with Crippen molar-refractivity contribution in [2.75, 3.05) is 26.7 Å². The molecule has 2 fully saturated rings. The van der Waals surface area contributed by atoms with Crippen molar-refractivity contribution in [2.24, 2.45) is 28.1 Å². The first-order valence-corrected chi connectivity index (χ1v) is 20.4. The van der Waals surface area contributed by atoms with Crippen LogP contribution in [0.3, 0.4) is 0 Å². The van der Waals surface area contributed by atoms with Gasteiger partial charge in [0.05, 0.1) is 6.04 Å². The number of fused-ring (bicyclic) bond motifs is 1. The van der Waals surface area contributed by atoms with Crippen LogP contribution in [0.25, 0.3) is 0 Å². The van der Waals surface area contributed by atoms with E-state index in [0.29, 0.717) is 19.4 Å². The van der Waals surface area contributed by atoms with E-state index in [9.17, 15) is 32.4 Å². The number of Topliss-reactive ketones (excluding diaryl/α,β-unsaturated/α-hetero) is 1. The zero-order chi connectivity index (χ0) is 39.4. The molecule has 1 aromatic rings. The lowest BCUT2D eigenvalue weighted by Crippen LogP contribution is -2.62. The summed E-state index contributed by atoms with van der Waals surface area (Å²) in [5.41, 5.74) is -1.27. The van der Waals surface area contributed by atoms with Gasteiger partial charge in [-0.05, 0) is 52.4 Å². The summed E-state index contributed by atoms with van der Waals surface area (Å²) in [5, 5.41) is 12.8. The fraction of sp³-hybridized carbons (Fsp3) is 0.703. The minimum atomic E-state index is -3.77. The summed E-state index contributed by atoms with van der Waals surface area (Å²) in [4.78, 5) is 69.5. The molecule has 4 N–H and O–H groups in total. The quantitative estimate of drug-likeness (QED) is 0.138. The van der Waals surface area contributed by atoms with Crippen LogP contribution in [0.15, 0.2) is 34.4 Å². The summed E-state index contributed by atoms with van der Waals surface area (Å²) in [6.45, 7) is 21.5. The van der Waals surface area contributed by atoms with Gasteiger partial charge in [0, 0.05) is 32.7 Å². The second-order valence-electron chi connectivity index (χ2n) is 17.1. The van der Waals surface area contributed by atoms with Crippen molar-refractivity contribution in [1.29, 1.82) is 0 Å². The monoisotopic (exact) mass is 764 g/mol. The number of likely N-dealkylation sites (tertiary alicyclic amines) is 1. The van der Waals surface area contributed by atoms with E-state index < -0.39 is 69.1 Å². The van der Waals surface area contributed by atoms with Gasteiger partial charge in [-0.3, -0.25) is 19.2 Å². The van der Waals surface area contributed by atoms with Crippen LogP contribution in [0.5, 0.6) is 0 Å². The van der Waals surface area contributed by atoms with Crippen molar-refractivity contribution in [3.63, 3.8) is 0 Å². The second-order valence-corrected chi connectivity index (χ2v) is 20.3. The maximum atomic E-state index is 14.5. The molecule has 0 spiro atoms. The zero-order valence-electron chi connectivity index (χ0n) is 32.5. The Morgan fingerprint density at radius 2 is 1.75 bits per heavy atom. The lowest BCUT2D eigenvalue weighted by molar-refractivity contribution is -0.145. The van der Waals surface area contributed by atoms with E-state index in [1.54, 1.807) is 11.4 Å². The molecule has 1 aliphatic heterocycles. The maximum Gasteiger partial charge on any atom is 0.315 e. The van der Waals surface area contributed by atoms with Gasteiger partial charge in [0.15, 0.2) is 0 Å². The number of unbranched alkanes of at least 4 members (excludes halogenated alkanes) is 1. The molecule has 1 saturated heterocycles. The summed E-state index contributed by atoms with van der Waals surface area (Å²) in [5.74, 6) is -2.63. The Morgan fingerprint density at radius 3 is 2.29 bits per heavy atom. The van der Waals surface area contributed by atoms with Gasteiger partial charge in [-0.1, -0.05) is 87.3 Å². The highest BCUT2D eigenvalue weighted by atomic mass is 32.2. The number of hydrogen-bond acceptors (Lipinski definition) is 8. The topological polar surface area (TPSA) is 174 Å². The van der Waals surface area contributed by atoms with Crippen LogP contribution in [-0.4, -0.2) is 98.0 Å². The minimum absolute atomic E-state index is 0.00932. The molecule has 13 nitrogen and oxygen atoms in total. The van der Waals surface area contributed by atoms with Crippen molar-refractivity contribution in [3.05, 3.63) is 30.2 Å². The zero-order valence-corrected chi connectivity index (χ0v) is 34.1. The lowest BCUT2D eigenvalue weighted by atomic mass is 9.85. The number of amides is 5. The van der Waals surface area contributed by atoms with E-state index in [0.717, 1.165) is 17.8 Å². The van der Waals surface area contributed by atoms with Crippen molar-refractivity contribution >= 4 is 50.9 Å². The van der Waals surface area contributed by atoms with Crippen LogP contribution >= 0.6 is 11.3 Å². The van der Waals surface area contributed by atoms with E-state index in [2.05, 4.69) is 27.8 Å². The molecule has 292 valence electrons. The Hall–Kier alpha value is -3.30. The SMILES string of the molecule is C=CCNC(=O)C(=O)C(CCCC)NC(=O)[C@@H]1[C@@H]2[C@H](CN1C(=O)[C@@H](NC(=O)N[C@H](CN(C)S(=O)(=O)c1cccs1)CC(C)(C)C)C(C)(C)C)C2(C)C. The fourth-order valence-corrected chi connectivity index (χ4v) is 9.62. The summed E-state index contributed by atoms with van der Waals surface area (Å²) < 4.78 is 27.8. The predicted molar refractivity (Wildman–Crippen MR) is 203 cm³/mol. The molecule has 2 aliphatic rings. The number of carbonyl (C=O) groups excluding carboxylic acids is 5. The van der Waals surface area contributed by atoms with E-state index in [1.165, 1.54) is 28.4 Å². The van der Waals surface area contributed by atoms with Crippen molar-refractivity contribution < 1.29 is 32.4 Å². The normalized spacial score (nSPS) is 21.4. The molecule has 3 rings (SSSR count). The average Bonchev–Trinajstić information content (AvgIpc) is 3.49. The van der Waals surface area contributed by atoms with Crippen molar-refractivity contribution in [3.8, 4) is 0 Å². The first-order valence-electron chi connectivity index (χ1n) is 18.1. The van der Waals surface area contributed by atoms with E-state index in [-0.39, 0.29) is 46.4 Å². The molecule has 1 unspecified atom stereocenters. The first kappa shape index (κ1) is 43.1. The van der Waals surface area contributed by atoms with Crippen molar-refractivity contribution in [2.45, 2.75) is 116 Å². The van der Waals surface area contributed by atoms with E-state index in [1.807, 2.05) is 62.3 Å². The van der Waals surface area contributed by atoms with Gasteiger partial charge in [0.1, 0.15) is 16.3 Å². The number of rotatable bonds is 17. The van der Waals surface area contributed by atoms with Gasteiger partial charge in [-0.2, -0.15) is 4.31 Å². The number of hydrogen-bond donors (Lipinski definition) is 4. The van der Waals surface area contributed by atoms with Crippen molar-refractivity contribution in [1.82, 2.24) is 30.5 Å². The van der Waals surface area contributed by atoms with E-state index in [4.69, 9.17) is 0 Å². The number of carbonyl (C=O) groups is 5. The number of ketones is 1. The number of nitrogens with one attached hydrogen (secondary N) is 4. The highest BCUT2D eigenvalue weighted by Crippen LogP contribution is 2.65. The van der Waals surface area contributed by atoms with Gasteiger partial charge >= 0.3 is 6.03 Å². The number of urea groups is 1. The standard InChI is InChI=1S/C37H60N6O7S2/c1-12-14-16-25(29(44)32(46)38-18-13-2)40-31(45)28-27-24(37(27,9)10)22-43(28)33(47)30(36(6,7)8)41-34(48)39-23(20-35(3,4)5)21-42(11)52(49,50)26-17-15-19-51-26/h13,15,17,19,23-25,27-28,30H,2,12,14,16,18,20-22H2,1,3-11H3,(H,38,46)(H,40,45)(H2,39,41,48)/t23-,24-,25?,27-,28-,30+/m0/s1. The summed E-state index contributed by atoms with van der Waals surface area (Å²) in [6.07, 6.45) is 3.54. The average molecular weight is 765 g/mol. The Labute approximate surface area is 314 Å². The van der Waals surface area contributed by atoms with Gasteiger partial charge in [0.25, 0.3) is 15.9 Å². The number of piperidine rings is 1. The molecule has 5 amide bonds. The molecule has 52 heavy (non-hydrogen) atoms. The molecule has 1 aromatic heterocycles. The molecule has 0 radical (unpaired) electrons. The molecule has 1 saturated carbocycles. The molecule has 0 bridgehead atoms. The Bertz CT molecular complexity index is 1580. The van der Waals surface area contributed by atoms with Gasteiger partial charge in [0.2, 0.25) is 17.6 Å². The second kappa shape index (κ2) is 16.8.